The number of aliphatic hydroxyl groups is 1. The van der Waals surface area contributed by atoms with E-state index in [-0.39, 0.29) is 6.04 Å². The maximum atomic E-state index is 10.6. The summed E-state index contributed by atoms with van der Waals surface area (Å²) in [6.07, 6.45) is 1.57. The lowest BCUT2D eigenvalue weighted by molar-refractivity contribution is 0.165. The van der Waals surface area contributed by atoms with E-state index in [0.29, 0.717) is 29.3 Å². The average molecular weight is 428 g/mol. The van der Waals surface area contributed by atoms with Crippen molar-refractivity contribution in [1.29, 1.82) is 0 Å². The maximum Gasteiger partial charge on any atom is 0.148 e. The summed E-state index contributed by atoms with van der Waals surface area (Å²) in [7, 11) is 0. The highest BCUT2D eigenvalue weighted by atomic mass is 35.5. The van der Waals surface area contributed by atoms with E-state index in [1.54, 1.807) is 6.07 Å². The molecule has 1 heterocycles. The van der Waals surface area contributed by atoms with Crippen molar-refractivity contribution in [1.82, 2.24) is 9.97 Å². The Bertz CT molecular complexity index is 1050. The SMILES string of the molecule is CCc1nc(-c2ccc(Cl)cc2Cl)c(CC)nc1NC1c2ccccc2C[C@H]1O. The summed E-state index contributed by atoms with van der Waals surface area (Å²) in [6.45, 7) is 4.10. The number of aromatic nitrogens is 2. The number of nitrogens with zero attached hydrogens (tertiary/aromatic N) is 2. The van der Waals surface area contributed by atoms with Gasteiger partial charge in [-0.3, -0.25) is 0 Å². The molecule has 4 nitrogen and oxygen atoms in total. The van der Waals surface area contributed by atoms with E-state index < -0.39 is 6.10 Å². The largest absolute Gasteiger partial charge is 0.390 e. The van der Waals surface area contributed by atoms with Crippen molar-refractivity contribution in [3.05, 3.63) is 75.0 Å². The number of fused-ring (bicyclic) bond motifs is 1. The Kier molecular flexibility index (Phi) is 5.77. The summed E-state index contributed by atoms with van der Waals surface area (Å²) in [5.74, 6) is 0.721. The molecule has 1 aliphatic carbocycles. The van der Waals surface area contributed by atoms with Gasteiger partial charge in [-0.2, -0.15) is 0 Å². The monoisotopic (exact) mass is 427 g/mol. The van der Waals surface area contributed by atoms with Crippen LogP contribution < -0.4 is 5.32 Å². The van der Waals surface area contributed by atoms with E-state index in [4.69, 9.17) is 33.2 Å². The summed E-state index contributed by atoms with van der Waals surface area (Å²) in [4.78, 5) is 9.81. The Morgan fingerprint density at radius 3 is 2.52 bits per heavy atom. The second-order valence-corrected chi connectivity index (χ2v) is 8.08. The van der Waals surface area contributed by atoms with Crippen LogP contribution in [0.25, 0.3) is 11.3 Å². The second-order valence-electron chi connectivity index (χ2n) is 7.24. The predicted molar refractivity (Wildman–Crippen MR) is 119 cm³/mol. The zero-order chi connectivity index (χ0) is 20.5. The molecule has 0 radical (unpaired) electrons. The molecule has 0 fully saturated rings. The summed E-state index contributed by atoms with van der Waals surface area (Å²) < 4.78 is 0. The minimum absolute atomic E-state index is 0.194. The maximum absolute atomic E-state index is 10.6. The van der Waals surface area contributed by atoms with Crippen molar-refractivity contribution in [2.75, 3.05) is 5.32 Å². The quantitative estimate of drug-likeness (QED) is 0.552. The zero-order valence-corrected chi connectivity index (χ0v) is 17.9. The molecule has 2 aromatic carbocycles. The molecule has 0 amide bonds. The molecule has 1 unspecified atom stereocenters. The molecule has 0 saturated heterocycles. The molecule has 1 aliphatic rings. The van der Waals surface area contributed by atoms with Crippen molar-refractivity contribution in [3.63, 3.8) is 0 Å². The number of nitrogens with one attached hydrogen (secondary N) is 1. The first kappa shape index (κ1) is 20.1. The van der Waals surface area contributed by atoms with Crippen LogP contribution >= 0.6 is 23.2 Å². The van der Waals surface area contributed by atoms with Gasteiger partial charge in [0.2, 0.25) is 0 Å². The first-order chi connectivity index (χ1) is 14.0. The van der Waals surface area contributed by atoms with E-state index in [1.807, 2.05) is 38.1 Å². The van der Waals surface area contributed by atoms with Crippen molar-refractivity contribution >= 4 is 29.0 Å². The fourth-order valence-corrected chi connectivity index (χ4v) is 4.40. The fourth-order valence-electron chi connectivity index (χ4n) is 3.91. The lowest BCUT2D eigenvalue weighted by atomic mass is 10.1. The van der Waals surface area contributed by atoms with Crippen LogP contribution in [0.4, 0.5) is 5.82 Å². The molecule has 150 valence electrons. The van der Waals surface area contributed by atoms with Gasteiger partial charge in [-0.1, -0.05) is 61.3 Å². The molecule has 2 atom stereocenters. The highest BCUT2D eigenvalue weighted by Crippen LogP contribution is 2.36. The van der Waals surface area contributed by atoms with Crippen LogP contribution in [0.1, 0.15) is 42.4 Å². The van der Waals surface area contributed by atoms with Gasteiger partial charge in [0.05, 0.1) is 34.3 Å². The first-order valence-corrected chi connectivity index (χ1v) is 10.6. The molecule has 3 aromatic rings. The Labute approximate surface area is 180 Å². The van der Waals surface area contributed by atoms with Crippen molar-refractivity contribution in [2.45, 2.75) is 45.3 Å². The van der Waals surface area contributed by atoms with Gasteiger partial charge in [-0.15, -0.1) is 0 Å². The van der Waals surface area contributed by atoms with E-state index in [1.165, 1.54) is 5.56 Å². The normalized spacial score (nSPS) is 18.0. The van der Waals surface area contributed by atoms with Crippen molar-refractivity contribution in [3.8, 4) is 11.3 Å². The topological polar surface area (TPSA) is 58.0 Å². The van der Waals surface area contributed by atoms with E-state index in [9.17, 15) is 5.11 Å². The van der Waals surface area contributed by atoms with Crippen LogP contribution in [-0.4, -0.2) is 21.2 Å². The predicted octanol–water partition coefficient (Wildman–Crippen LogP) is 5.65. The van der Waals surface area contributed by atoms with E-state index in [2.05, 4.69) is 17.4 Å². The number of aliphatic hydroxyl groups excluding tert-OH is 1. The first-order valence-electron chi connectivity index (χ1n) is 9.89. The molecule has 0 bridgehead atoms. The van der Waals surface area contributed by atoms with Gasteiger partial charge in [-0.25, -0.2) is 9.97 Å². The summed E-state index contributed by atoms with van der Waals surface area (Å²) in [5, 5.41) is 15.2. The number of rotatable bonds is 5. The molecule has 29 heavy (non-hydrogen) atoms. The number of hydrogen-bond donors (Lipinski definition) is 2. The number of aryl methyl sites for hydroxylation is 2. The highest BCUT2D eigenvalue weighted by Gasteiger charge is 2.31. The molecular formula is C23H23Cl2N3O. The third-order valence-corrected chi connectivity index (χ3v) is 5.94. The minimum Gasteiger partial charge on any atom is -0.390 e. The van der Waals surface area contributed by atoms with Gasteiger partial charge in [0.25, 0.3) is 0 Å². The minimum atomic E-state index is -0.491. The molecule has 0 spiro atoms. The lowest BCUT2D eigenvalue weighted by Gasteiger charge is -2.21. The van der Waals surface area contributed by atoms with Crippen molar-refractivity contribution in [2.24, 2.45) is 0 Å². The van der Waals surface area contributed by atoms with Crippen LogP contribution in [0.2, 0.25) is 10.0 Å². The molecule has 6 heteroatoms. The van der Waals surface area contributed by atoms with Gasteiger partial charge >= 0.3 is 0 Å². The summed E-state index contributed by atoms with van der Waals surface area (Å²) in [6, 6.07) is 13.4. The van der Waals surface area contributed by atoms with Gasteiger partial charge in [0.15, 0.2) is 0 Å². The third-order valence-electron chi connectivity index (χ3n) is 5.39. The molecule has 2 N–H and O–H groups in total. The summed E-state index contributed by atoms with van der Waals surface area (Å²) in [5.41, 5.74) is 5.60. The number of halogens is 2. The third kappa shape index (κ3) is 3.85. The lowest BCUT2D eigenvalue weighted by Crippen LogP contribution is -2.23. The molecule has 4 rings (SSSR count). The molecule has 0 saturated carbocycles. The Hall–Kier alpha value is -2.14. The van der Waals surface area contributed by atoms with Crippen LogP contribution in [0, 0.1) is 0 Å². The average Bonchev–Trinajstić information content (AvgIpc) is 3.03. The smallest absolute Gasteiger partial charge is 0.148 e. The van der Waals surface area contributed by atoms with Gasteiger partial charge < -0.3 is 10.4 Å². The standard InChI is InChI=1S/C23H23Cl2N3O/c1-3-18-21(16-10-9-14(24)12-17(16)25)26-19(4-2)23(27-18)28-22-15-8-6-5-7-13(15)11-20(22)29/h5-10,12,20,22,29H,3-4,11H2,1-2H3,(H,27,28)/t20-,22?/m1/s1. The van der Waals surface area contributed by atoms with Crippen molar-refractivity contribution < 1.29 is 5.11 Å². The number of benzene rings is 2. The molecular weight excluding hydrogens is 405 g/mol. The highest BCUT2D eigenvalue weighted by molar-refractivity contribution is 6.36. The number of hydrogen-bond acceptors (Lipinski definition) is 4. The van der Waals surface area contributed by atoms with Gasteiger partial charge in [0.1, 0.15) is 5.82 Å². The number of anilines is 1. The Morgan fingerprint density at radius 2 is 1.79 bits per heavy atom. The molecule has 0 aliphatic heterocycles. The van der Waals surface area contributed by atoms with Crippen LogP contribution in [0.3, 0.4) is 0 Å². The second kappa shape index (κ2) is 8.31. The van der Waals surface area contributed by atoms with Crippen LogP contribution in [0.5, 0.6) is 0 Å². The fraction of sp³-hybridized carbons (Fsp3) is 0.304. The Balaban J connectivity index is 1.76. The van der Waals surface area contributed by atoms with Gasteiger partial charge in [-0.05, 0) is 42.2 Å². The van der Waals surface area contributed by atoms with Gasteiger partial charge in [0, 0.05) is 17.0 Å². The Morgan fingerprint density at radius 1 is 1.03 bits per heavy atom. The molecule has 1 aromatic heterocycles. The van der Waals surface area contributed by atoms with E-state index >= 15 is 0 Å². The zero-order valence-electron chi connectivity index (χ0n) is 16.4. The van der Waals surface area contributed by atoms with E-state index in [0.717, 1.165) is 34.0 Å². The van der Waals surface area contributed by atoms with Crippen LogP contribution in [0.15, 0.2) is 42.5 Å². The van der Waals surface area contributed by atoms with Crippen LogP contribution in [-0.2, 0) is 19.3 Å². The summed E-state index contributed by atoms with van der Waals surface area (Å²) >= 11 is 12.5.